The highest BCUT2D eigenvalue weighted by molar-refractivity contribution is 7.84. The monoisotopic (exact) mass is 233 g/mol. The van der Waals surface area contributed by atoms with Crippen LogP contribution in [0.5, 0.6) is 0 Å². The molecule has 1 fully saturated rings. The van der Waals surface area contributed by atoms with Crippen LogP contribution in [0.2, 0.25) is 0 Å². The Morgan fingerprint density at radius 2 is 2.33 bits per heavy atom. The lowest BCUT2D eigenvalue weighted by Gasteiger charge is -2.30. The summed E-state index contributed by atoms with van der Waals surface area (Å²) in [7, 11) is -0.664. The lowest BCUT2D eigenvalue weighted by atomic mass is 10.0. The molecule has 0 spiro atoms. The summed E-state index contributed by atoms with van der Waals surface area (Å²) in [6.45, 7) is 5.16. The molecule has 4 heteroatoms. The normalized spacial score (nSPS) is 31.1. The third-order valence-electron chi connectivity index (χ3n) is 2.84. The van der Waals surface area contributed by atoms with Gasteiger partial charge in [-0.25, -0.2) is 0 Å². The minimum atomic E-state index is -0.664. The average Bonchev–Trinajstić information content (AvgIpc) is 2.15. The molecule has 0 bridgehead atoms. The molecule has 0 amide bonds. The molecule has 90 valence electrons. The molecule has 0 aliphatic carbocycles. The quantitative estimate of drug-likeness (QED) is 0.778. The zero-order chi connectivity index (χ0) is 11.3. The average molecular weight is 233 g/mol. The predicted octanol–water partition coefficient (Wildman–Crippen LogP) is 1.30. The van der Waals surface area contributed by atoms with Crippen molar-refractivity contribution in [3.05, 3.63) is 0 Å². The third kappa shape index (κ3) is 5.64. The number of nitrogens with one attached hydrogen (secondary N) is 1. The molecule has 15 heavy (non-hydrogen) atoms. The topological polar surface area (TPSA) is 38.3 Å². The lowest BCUT2D eigenvalue weighted by Crippen LogP contribution is -2.42. The molecule has 0 aromatic carbocycles. The fraction of sp³-hybridized carbons (Fsp3) is 1.00. The van der Waals surface area contributed by atoms with Gasteiger partial charge < -0.3 is 10.1 Å². The number of rotatable bonds is 5. The second kappa shape index (κ2) is 6.61. The molecular formula is C11H23NO2S. The van der Waals surface area contributed by atoms with E-state index in [1.54, 1.807) is 6.26 Å². The van der Waals surface area contributed by atoms with Crippen LogP contribution >= 0.6 is 0 Å². The van der Waals surface area contributed by atoms with Crippen LogP contribution in [0.15, 0.2) is 0 Å². The van der Waals surface area contributed by atoms with Crippen molar-refractivity contribution in [3.8, 4) is 0 Å². The van der Waals surface area contributed by atoms with Crippen molar-refractivity contribution in [2.75, 3.05) is 18.6 Å². The maximum Gasteiger partial charge on any atom is 0.0561 e. The van der Waals surface area contributed by atoms with Gasteiger partial charge in [0.15, 0.2) is 0 Å². The fourth-order valence-corrected chi connectivity index (χ4v) is 2.66. The standard InChI is InChI=1S/C11H23NO2S/c1-9(5-7-15(3)13)12-11-4-6-14-10(2)8-11/h9-12H,4-8H2,1-3H3. The molecular weight excluding hydrogens is 210 g/mol. The van der Waals surface area contributed by atoms with Crippen molar-refractivity contribution in [2.45, 2.75) is 51.3 Å². The molecule has 0 aromatic rings. The van der Waals surface area contributed by atoms with E-state index >= 15 is 0 Å². The van der Waals surface area contributed by atoms with Crippen LogP contribution in [-0.2, 0) is 15.5 Å². The van der Waals surface area contributed by atoms with Gasteiger partial charge in [0.25, 0.3) is 0 Å². The second-order valence-corrected chi connectivity index (χ2v) is 6.09. The van der Waals surface area contributed by atoms with Crippen LogP contribution in [-0.4, -0.2) is 41.0 Å². The van der Waals surface area contributed by atoms with E-state index in [4.69, 9.17) is 4.74 Å². The SMILES string of the molecule is CC(CCS(C)=O)NC1CCOC(C)C1. The summed E-state index contributed by atoms with van der Waals surface area (Å²) in [4.78, 5) is 0. The Labute approximate surface area is 95.4 Å². The van der Waals surface area contributed by atoms with Gasteiger partial charge >= 0.3 is 0 Å². The second-order valence-electron chi connectivity index (χ2n) is 4.54. The van der Waals surface area contributed by atoms with Crippen molar-refractivity contribution in [3.63, 3.8) is 0 Å². The highest BCUT2D eigenvalue weighted by Crippen LogP contribution is 2.14. The van der Waals surface area contributed by atoms with E-state index in [0.29, 0.717) is 18.2 Å². The predicted molar refractivity (Wildman–Crippen MR) is 64.6 cm³/mol. The highest BCUT2D eigenvalue weighted by Gasteiger charge is 2.20. The third-order valence-corrected chi connectivity index (χ3v) is 3.65. The number of hydrogen-bond acceptors (Lipinski definition) is 3. The summed E-state index contributed by atoms with van der Waals surface area (Å²) < 4.78 is 16.5. The molecule has 1 N–H and O–H groups in total. The van der Waals surface area contributed by atoms with E-state index in [9.17, 15) is 4.21 Å². The van der Waals surface area contributed by atoms with E-state index in [1.165, 1.54) is 0 Å². The first-order chi connectivity index (χ1) is 7.08. The summed E-state index contributed by atoms with van der Waals surface area (Å²) >= 11 is 0. The molecule has 0 radical (unpaired) electrons. The molecule has 4 atom stereocenters. The van der Waals surface area contributed by atoms with Gasteiger partial charge in [0.2, 0.25) is 0 Å². The molecule has 0 saturated carbocycles. The number of ether oxygens (including phenoxy) is 1. The van der Waals surface area contributed by atoms with Crippen LogP contribution in [0.4, 0.5) is 0 Å². The first kappa shape index (κ1) is 13.1. The first-order valence-electron chi connectivity index (χ1n) is 5.75. The van der Waals surface area contributed by atoms with E-state index < -0.39 is 10.8 Å². The summed E-state index contributed by atoms with van der Waals surface area (Å²) in [5.74, 6) is 0.799. The van der Waals surface area contributed by atoms with Gasteiger partial charge in [-0.15, -0.1) is 0 Å². The first-order valence-corrected chi connectivity index (χ1v) is 7.48. The van der Waals surface area contributed by atoms with Gasteiger partial charge in [0, 0.05) is 41.5 Å². The van der Waals surface area contributed by atoms with Crippen LogP contribution in [0.1, 0.15) is 33.1 Å². The Bertz CT molecular complexity index is 211. The summed E-state index contributed by atoms with van der Waals surface area (Å²) in [6, 6.07) is 1.04. The minimum Gasteiger partial charge on any atom is -0.378 e. The van der Waals surface area contributed by atoms with Gasteiger partial charge in [-0.3, -0.25) is 4.21 Å². The van der Waals surface area contributed by atoms with Crippen molar-refractivity contribution in [1.29, 1.82) is 0 Å². The molecule has 1 aliphatic heterocycles. The maximum absolute atomic E-state index is 11.0. The van der Waals surface area contributed by atoms with Crippen LogP contribution < -0.4 is 5.32 Å². The van der Waals surface area contributed by atoms with Crippen LogP contribution in [0.3, 0.4) is 0 Å². The Balaban J connectivity index is 2.18. The van der Waals surface area contributed by atoms with Gasteiger partial charge in [0.05, 0.1) is 6.10 Å². The zero-order valence-electron chi connectivity index (χ0n) is 9.99. The van der Waals surface area contributed by atoms with Gasteiger partial charge in [-0.2, -0.15) is 0 Å². The van der Waals surface area contributed by atoms with E-state index in [-0.39, 0.29) is 0 Å². The smallest absolute Gasteiger partial charge is 0.0561 e. The molecule has 1 aliphatic rings. The van der Waals surface area contributed by atoms with Crippen molar-refractivity contribution in [1.82, 2.24) is 5.32 Å². The molecule has 1 heterocycles. The van der Waals surface area contributed by atoms with Crippen LogP contribution in [0.25, 0.3) is 0 Å². The van der Waals surface area contributed by atoms with Crippen molar-refractivity contribution >= 4 is 10.8 Å². The minimum absolute atomic E-state index is 0.378. The fourth-order valence-electron chi connectivity index (χ4n) is 1.98. The van der Waals surface area contributed by atoms with E-state index in [2.05, 4.69) is 19.2 Å². The van der Waals surface area contributed by atoms with Gasteiger partial charge in [0.1, 0.15) is 0 Å². The molecule has 3 nitrogen and oxygen atoms in total. The Kier molecular flexibility index (Phi) is 5.79. The lowest BCUT2D eigenvalue weighted by molar-refractivity contribution is 0.0116. The highest BCUT2D eigenvalue weighted by atomic mass is 32.2. The summed E-state index contributed by atoms with van der Waals surface area (Å²) in [6.07, 6.45) is 5.34. The van der Waals surface area contributed by atoms with E-state index in [1.807, 2.05) is 0 Å². The summed E-state index contributed by atoms with van der Waals surface area (Å²) in [5.41, 5.74) is 0. The van der Waals surface area contributed by atoms with Crippen molar-refractivity contribution < 1.29 is 8.95 Å². The molecule has 0 aromatic heterocycles. The molecule has 1 rings (SSSR count). The van der Waals surface area contributed by atoms with Crippen molar-refractivity contribution in [2.24, 2.45) is 0 Å². The van der Waals surface area contributed by atoms with Crippen LogP contribution in [0, 0.1) is 0 Å². The largest absolute Gasteiger partial charge is 0.378 e. The maximum atomic E-state index is 11.0. The Morgan fingerprint density at radius 3 is 2.93 bits per heavy atom. The van der Waals surface area contributed by atoms with Gasteiger partial charge in [-0.1, -0.05) is 0 Å². The van der Waals surface area contributed by atoms with Gasteiger partial charge in [-0.05, 0) is 33.1 Å². The number of hydrogen-bond donors (Lipinski definition) is 1. The molecule has 1 saturated heterocycles. The van der Waals surface area contributed by atoms with E-state index in [0.717, 1.165) is 31.6 Å². The zero-order valence-corrected chi connectivity index (χ0v) is 10.8. The Morgan fingerprint density at radius 1 is 1.60 bits per heavy atom. The summed E-state index contributed by atoms with van der Waals surface area (Å²) in [5, 5.41) is 3.59. The Hall–Kier alpha value is 0.0700. The molecule has 4 unspecified atom stereocenters.